The minimum atomic E-state index is -4.40. The van der Waals surface area contributed by atoms with E-state index in [0.29, 0.717) is 12.0 Å². The summed E-state index contributed by atoms with van der Waals surface area (Å²) in [5, 5.41) is 12.2. The van der Waals surface area contributed by atoms with E-state index in [9.17, 15) is 23.1 Å². The van der Waals surface area contributed by atoms with Crippen LogP contribution in [0.5, 0.6) is 0 Å². The van der Waals surface area contributed by atoms with Crippen molar-refractivity contribution >= 4 is 5.91 Å². The number of benzene rings is 1. The summed E-state index contributed by atoms with van der Waals surface area (Å²) >= 11 is 0. The number of likely N-dealkylation sites (N-methyl/N-ethyl adjacent to an activating group) is 1. The molecule has 0 saturated carbocycles. The molecule has 2 atom stereocenters. The second-order valence-electron chi connectivity index (χ2n) is 5.13. The van der Waals surface area contributed by atoms with Crippen molar-refractivity contribution in [3.63, 3.8) is 0 Å². The Bertz CT molecular complexity index is 519. The number of likely N-dealkylation sites (tertiary alicyclic amines) is 1. The number of hydrogen-bond donors (Lipinski definition) is 2. The fraction of sp³-hybridized carbons (Fsp3) is 0.500. The van der Waals surface area contributed by atoms with Crippen LogP contribution in [0.25, 0.3) is 0 Å². The molecular weight excluding hydrogens is 285 g/mol. The zero-order valence-electron chi connectivity index (χ0n) is 11.5. The van der Waals surface area contributed by atoms with Crippen molar-refractivity contribution < 1.29 is 23.1 Å². The zero-order valence-corrected chi connectivity index (χ0v) is 11.5. The van der Waals surface area contributed by atoms with E-state index in [1.54, 1.807) is 11.0 Å². The highest BCUT2D eigenvalue weighted by Crippen LogP contribution is 2.35. The Morgan fingerprint density at radius 2 is 2.19 bits per heavy atom. The third kappa shape index (κ3) is 3.74. The second-order valence-corrected chi connectivity index (χ2v) is 5.13. The molecule has 2 N–H and O–H groups in total. The second kappa shape index (κ2) is 6.03. The van der Waals surface area contributed by atoms with Crippen LogP contribution in [0.3, 0.4) is 0 Å². The molecule has 0 unspecified atom stereocenters. The zero-order chi connectivity index (χ0) is 15.6. The number of halogens is 3. The minimum Gasteiger partial charge on any atom is -0.392 e. The van der Waals surface area contributed by atoms with Crippen LogP contribution in [0.2, 0.25) is 0 Å². The number of aliphatic hydroxyl groups is 1. The molecule has 1 saturated heterocycles. The lowest BCUT2D eigenvalue weighted by Crippen LogP contribution is -2.36. The SMILES string of the molecule is CNC(=O)CN1C[C@@H](O)C[C@@H]1c1cccc(C(F)(F)F)c1. The average Bonchev–Trinajstić information content (AvgIpc) is 2.78. The fourth-order valence-corrected chi connectivity index (χ4v) is 2.59. The molecule has 0 aromatic heterocycles. The molecule has 1 aromatic rings. The average molecular weight is 302 g/mol. The largest absolute Gasteiger partial charge is 0.416 e. The molecule has 7 heteroatoms. The van der Waals surface area contributed by atoms with Crippen LogP contribution in [-0.2, 0) is 11.0 Å². The Labute approximate surface area is 120 Å². The van der Waals surface area contributed by atoms with Gasteiger partial charge in [0.25, 0.3) is 0 Å². The Morgan fingerprint density at radius 1 is 1.48 bits per heavy atom. The quantitative estimate of drug-likeness (QED) is 0.891. The molecule has 1 aromatic carbocycles. The maximum Gasteiger partial charge on any atom is 0.416 e. The van der Waals surface area contributed by atoms with E-state index >= 15 is 0 Å². The molecule has 1 heterocycles. The van der Waals surface area contributed by atoms with Gasteiger partial charge in [0, 0.05) is 19.6 Å². The van der Waals surface area contributed by atoms with Crippen LogP contribution < -0.4 is 5.32 Å². The Morgan fingerprint density at radius 3 is 2.81 bits per heavy atom. The molecule has 4 nitrogen and oxygen atoms in total. The number of nitrogens with one attached hydrogen (secondary N) is 1. The van der Waals surface area contributed by atoms with Crippen molar-refractivity contribution in [1.29, 1.82) is 0 Å². The molecule has 2 rings (SSSR count). The van der Waals surface area contributed by atoms with E-state index in [1.807, 2.05) is 0 Å². The van der Waals surface area contributed by atoms with Crippen molar-refractivity contribution in [2.24, 2.45) is 0 Å². The number of alkyl halides is 3. The van der Waals surface area contributed by atoms with Crippen LogP contribution in [0.15, 0.2) is 24.3 Å². The Hall–Kier alpha value is -1.60. The van der Waals surface area contributed by atoms with Gasteiger partial charge < -0.3 is 10.4 Å². The smallest absolute Gasteiger partial charge is 0.392 e. The monoisotopic (exact) mass is 302 g/mol. The van der Waals surface area contributed by atoms with Crippen LogP contribution in [0.4, 0.5) is 13.2 Å². The summed E-state index contributed by atoms with van der Waals surface area (Å²) in [6, 6.07) is 4.65. The minimum absolute atomic E-state index is 0.0501. The highest BCUT2D eigenvalue weighted by atomic mass is 19.4. The van der Waals surface area contributed by atoms with Gasteiger partial charge in [-0.2, -0.15) is 13.2 Å². The number of carbonyl (C=O) groups is 1. The van der Waals surface area contributed by atoms with E-state index in [2.05, 4.69) is 5.32 Å². The molecule has 0 bridgehead atoms. The summed E-state index contributed by atoms with van der Waals surface area (Å²) < 4.78 is 38.3. The van der Waals surface area contributed by atoms with Crippen molar-refractivity contribution in [3.05, 3.63) is 35.4 Å². The Kier molecular flexibility index (Phi) is 4.53. The number of carbonyl (C=O) groups excluding carboxylic acids is 1. The van der Waals surface area contributed by atoms with Crippen molar-refractivity contribution in [2.75, 3.05) is 20.1 Å². The van der Waals surface area contributed by atoms with Gasteiger partial charge in [0.1, 0.15) is 0 Å². The third-order valence-electron chi connectivity index (χ3n) is 3.61. The summed E-state index contributed by atoms with van der Waals surface area (Å²) in [6.45, 7) is 0.322. The topological polar surface area (TPSA) is 52.6 Å². The first-order valence-corrected chi connectivity index (χ1v) is 6.61. The van der Waals surface area contributed by atoms with Gasteiger partial charge in [-0.15, -0.1) is 0 Å². The molecule has 1 aliphatic rings. The van der Waals surface area contributed by atoms with Crippen LogP contribution in [-0.4, -0.2) is 42.2 Å². The van der Waals surface area contributed by atoms with Crippen molar-refractivity contribution in [1.82, 2.24) is 10.2 Å². The van der Waals surface area contributed by atoms with Crippen LogP contribution >= 0.6 is 0 Å². The molecule has 116 valence electrons. The van der Waals surface area contributed by atoms with E-state index in [0.717, 1.165) is 12.1 Å². The summed E-state index contributed by atoms with van der Waals surface area (Å²) in [6.07, 6.45) is -4.73. The van der Waals surface area contributed by atoms with Crippen LogP contribution in [0, 0.1) is 0 Å². The van der Waals surface area contributed by atoms with Gasteiger partial charge in [-0.3, -0.25) is 9.69 Å². The summed E-state index contributed by atoms with van der Waals surface area (Å²) in [5.74, 6) is -0.235. The van der Waals surface area contributed by atoms with E-state index < -0.39 is 17.8 Å². The number of rotatable bonds is 3. The van der Waals surface area contributed by atoms with Gasteiger partial charge in [0.05, 0.1) is 18.2 Å². The lowest BCUT2D eigenvalue weighted by molar-refractivity contribution is -0.137. The van der Waals surface area contributed by atoms with Crippen molar-refractivity contribution in [2.45, 2.75) is 24.7 Å². The van der Waals surface area contributed by atoms with Gasteiger partial charge in [0.15, 0.2) is 0 Å². The van der Waals surface area contributed by atoms with Gasteiger partial charge in [0.2, 0.25) is 5.91 Å². The van der Waals surface area contributed by atoms with Gasteiger partial charge in [-0.05, 0) is 24.1 Å². The molecule has 21 heavy (non-hydrogen) atoms. The molecule has 0 aliphatic carbocycles. The first-order chi connectivity index (χ1) is 9.81. The molecule has 1 fully saturated rings. The van der Waals surface area contributed by atoms with Gasteiger partial charge in [-0.1, -0.05) is 12.1 Å². The maximum absolute atomic E-state index is 12.8. The first kappa shape index (κ1) is 15.8. The molecule has 1 amide bonds. The molecular formula is C14H17F3N2O2. The molecule has 0 radical (unpaired) electrons. The third-order valence-corrected chi connectivity index (χ3v) is 3.61. The maximum atomic E-state index is 12.8. The number of aliphatic hydroxyl groups excluding tert-OH is 1. The van der Waals surface area contributed by atoms with E-state index in [4.69, 9.17) is 0 Å². The number of hydrogen-bond acceptors (Lipinski definition) is 3. The van der Waals surface area contributed by atoms with Crippen molar-refractivity contribution in [3.8, 4) is 0 Å². The van der Waals surface area contributed by atoms with Crippen LogP contribution in [0.1, 0.15) is 23.6 Å². The normalized spacial score (nSPS) is 23.3. The summed E-state index contributed by atoms with van der Waals surface area (Å²) in [5.41, 5.74) is -0.258. The standard InChI is InChI=1S/C14H17F3N2O2/c1-18-13(21)8-19-7-11(20)6-12(19)9-3-2-4-10(5-9)14(15,16)17/h2-5,11-12,20H,6-8H2,1H3,(H,18,21)/t11-,12+/m0/s1. The Balaban J connectivity index is 2.24. The number of nitrogens with zero attached hydrogens (tertiary/aromatic N) is 1. The number of amides is 1. The lowest BCUT2D eigenvalue weighted by atomic mass is 10.0. The molecule has 1 aliphatic heterocycles. The summed E-state index contributed by atoms with van der Waals surface area (Å²) in [4.78, 5) is 13.2. The molecule has 0 spiro atoms. The number of β-amino-alcohol motifs (C(OH)–C–C–N with tert-alkyl or cyclic N) is 1. The highest BCUT2D eigenvalue weighted by Gasteiger charge is 2.35. The van der Waals surface area contributed by atoms with E-state index in [-0.39, 0.29) is 25.0 Å². The lowest BCUT2D eigenvalue weighted by Gasteiger charge is -2.24. The fourth-order valence-electron chi connectivity index (χ4n) is 2.59. The summed E-state index contributed by atoms with van der Waals surface area (Å²) in [7, 11) is 1.49. The first-order valence-electron chi connectivity index (χ1n) is 6.61. The van der Waals surface area contributed by atoms with Gasteiger partial charge >= 0.3 is 6.18 Å². The van der Waals surface area contributed by atoms with Gasteiger partial charge in [-0.25, -0.2) is 0 Å². The van der Waals surface area contributed by atoms with E-state index in [1.165, 1.54) is 13.1 Å². The predicted octanol–water partition coefficient (Wildman–Crippen LogP) is 1.56. The highest BCUT2D eigenvalue weighted by molar-refractivity contribution is 5.77. The predicted molar refractivity (Wildman–Crippen MR) is 70.4 cm³/mol.